The van der Waals surface area contributed by atoms with Gasteiger partial charge in [0.1, 0.15) is 0 Å². The van der Waals surface area contributed by atoms with Gasteiger partial charge in [0.15, 0.2) is 0 Å². The molecule has 0 bridgehead atoms. The van der Waals surface area contributed by atoms with Gasteiger partial charge in [-0.15, -0.1) is 0 Å². The van der Waals surface area contributed by atoms with Crippen molar-refractivity contribution in [2.75, 3.05) is 13.1 Å². The number of nitrogens with two attached hydrogens (primary N) is 1. The molecule has 2 aromatic rings. The number of pyridine rings is 1. The van der Waals surface area contributed by atoms with Crippen molar-refractivity contribution in [1.29, 1.82) is 0 Å². The average Bonchev–Trinajstić information content (AvgIpc) is 2.45. The zero-order valence-corrected chi connectivity index (χ0v) is 12.7. The van der Waals surface area contributed by atoms with Gasteiger partial charge >= 0.3 is 0 Å². The molecule has 1 heterocycles. The molecule has 0 amide bonds. The summed E-state index contributed by atoms with van der Waals surface area (Å²) in [6.45, 7) is 3.84. The van der Waals surface area contributed by atoms with E-state index in [1.807, 2.05) is 18.3 Å². The Morgan fingerprint density at radius 2 is 2.15 bits per heavy atom. The molecule has 0 aliphatic rings. The van der Waals surface area contributed by atoms with Gasteiger partial charge in [0, 0.05) is 22.6 Å². The molecule has 1 aromatic heterocycles. The Labute approximate surface area is 125 Å². The molecule has 0 spiro atoms. The standard InChI is InChI=1S/C16H22ClN3/c1-2-19-15(5-3-4-9-18)14-8-10-20-16-11-12(17)6-7-13(14)16/h6-8,10-11,15,19H,2-5,9,18H2,1H3. The van der Waals surface area contributed by atoms with Gasteiger partial charge in [0.2, 0.25) is 0 Å². The molecule has 1 atom stereocenters. The molecule has 0 saturated heterocycles. The highest BCUT2D eigenvalue weighted by atomic mass is 35.5. The van der Waals surface area contributed by atoms with E-state index in [0.29, 0.717) is 6.04 Å². The van der Waals surface area contributed by atoms with E-state index in [9.17, 15) is 0 Å². The van der Waals surface area contributed by atoms with Crippen LogP contribution in [0.3, 0.4) is 0 Å². The summed E-state index contributed by atoms with van der Waals surface area (Å²) in [7, 11) is 0. The molecule has 20 heavy (non-hydrogen) atoms. The molecular weight excluding hydrogens is 270 g/mol. The molecule has 0 radical (unpaired) electrons. The maximum Gasteiger partial charge on any atom is 0.0720 e. The number of hydrogen-bond acceptors (Lipinski definition) is 3. The topological polar surface area (TPSA) is 50.9 Å². The Morgan fingerprint density at radius 1 is 1.30 bits per heavy atom. The van der Waals surface area contributed by atoms with Crippen molar-refractivity contribution in [3.05, 3.63) is 41.0 Å². The van der Waals surface area contributed by atoms with Crippen LogP contribution < -0.4 is 11.1 Å². The first-order valence-electron chi connectivity index (χ1n) is 7.24. The maximum absolute atomic E-state index is 6.04. The minimum absolute atomic E-state index is 0.346. The highest BCUT2D eigenvalue weighted by molar-refractivity contribution is 6.31. The molecule has 0 aliphatic carbocycles. The van der Waals surface area contributed by atoms with Crippen molar-refractivity contribution in [1.82, 2.24) is 10.3 Å². The first kappa shape index (κ1) is 15.2. The number of unbranched alkanes of at least 4 members (excludes halogenated alkanes) is 1. The van der Waals surface area contributed by atoms with Crippen molar-refractivity contribution < 1.29 is 0 Å². The van der Waals surface area contributed by atoms with Crippen LogP contribution in [0.5, 0.6) is 0 Å². The van der Waals surface area contributed by atoms with Gasteiger partial charge in [-0.05, 0) is 49.7 Å². The fraction of sp³-hybridized carbons (Fsp3) is 0.438. The largest absolute Gasteiger partial charge is 0.330 e. The lowest BCUT2D eigenvalue weighted by molar-refractivity contribution is 0.493. The summed E-state index contributed by atoms with van der Waals surface area (Å²) >= 11 is 6.04. The molecule has 4 heteroatoms. The van der Waals surface area contributed by atoms with E-state index in [-0.39, 0.29) is 0 Å². The highest BCUT2D eigenvalue weighted by Gasteiger charge is 2.13. The third-order valence-corrected chi connectivity index (χ3v) is 3.75. The fourth-order valence-corrected chi connectivity index (χ4v) is 2.72. The van der Waals surface area contributed by atoms with E-state index < -0.39 is 0 Å². The van der Waals surface area contributed by atoms with Crippen LogP contribution in [0, 0.1) is 0 Å². The average molecular weight is 292 g/mol. The van der Waals surface area contributed by atoms with Crippen molar-refractivity contribution in [3.63, 3.8) is 0 Å². The first-order chi connectivity index (χ1) is 9.76. The Hall–Kier alpha value is -1.16. The molecule has 0 fully saturated rings. The first-order valence-corrected chi connectivity index (χ1v) is 7.61. The second kappa shape index (κ2) is 7.58. The smallest absolute Gasteiger partial charge is 0.0720 e. The number of rotatable bonds is 7. The summed E-state index contributed by atoms with van der Waals surface area (Å²) in [5.74, 6) is 0. The van der Waals surface area contributed by atoms with Gasteiger partial charge < -0.3 is 11.1 Å². The summed E-state index contributed by atoms with van der Waals surface area (Å²) in [5, 5.41) is 5.47. The second-order valence-corrected chi connectivity index (χ2v) is 5.39. The maximum atomic E-state index is 6.04. The number of aromatic nitrogens is 1. The van der Waals surface area contributed by atoms with Gasteiger partial charge in [-0.2, -0.15) is 0 Å². The van der Waals surface area contributed by atoms with E-state index >= 15 is 0 Å². The number of hydrogen-bond donors (Lipinski definition) is 2. The van der Waals surface area contributed by atoms with E-state index in [2.05, 4.69) is 29.4 Å². The van der Waals surface area contributed by atoms with Crippen LogP contribution in [0.1, 0.15) is 37.8 Å². The predicted octanol–water partition coefficient (Wildman–Crippen LogP) is 3.67. The lowest BCUT2D eigenvalue weighted by Crippen LogP contribution is -2.21. The fourth-order valence-electron chi connectivity index (χ4n) is 2.55. The number of benzene rings is 1. The molecule has 1 aromatic carbocycles. The third-order valence-electron chi connectivity index (χ3n) is 3.51. The van der Waals surface area contributed by atoms with Crippen LogP contribution in [-0.2, 0) is 0 Å². The third kappa shape index (κ3) is 3.69. The van der Waals surface area contributed by atoms with Gasteiger partial charge in [0.25, 0.3) is 0 Å². The summed E-state index contributed by atoms with van der Waals surface area (Å²) in [5.41, 5.74) is 7.84. The van der Waals surface area contributed by atoms with Crippen LogP contribution in [0.15, 0.2) is 30.5 Å². The number of fused-ring (bicyclic) bond motifs is 1. The molecule has 1 unspecified atom stereocenters. The summed E-state index contributed by atoms with van der Waals surface area (Å²) < 4.78 is 0. The van der Waals surface area contributed by atoms with Crippen molar-refractivity contribution in [3.8, 4) is 0 Å². The molecule has 2 rings (SSSR count). The van der Waals surface area contributed by atoms with E-state index in [0.717, 1.165) is 42.9 Å². The number of nitrogens with zero attached hydrogens (tertiary/aromatic N) is 1. The van der Waals surface area contributed by atoms with Crippen LogP contribution in [0.4, 0.5) is 0 Å². The Balaban J connectivity index is 2.31. The van der Waals surface area contributed by atoms with Gasteiger partial charge in [-0.25, -0.2) is 0 Å². The zero-order valence-electron chi connectivity index (χ0n) is 11.9. The number of nitrogens with one attached hydrogen (secondary N) is 1. The van der Waals surface area contributed by atoms with Crippen LogP contribution in [0.2, 0.25) is 5.02 Å². The van der Waals surface area contributed by atoms with Crippen LogP contribution >= 0.6 is 11.6 Å². The molecule has 0 aliphatic heterocycles. The van der Waals surface area contributed by atoms with Gasteiger partial charge in [0.05, 0.1) is 5.52 Å². The van der Waals surface area contributed by atoms with Crippen molar-refractivity contribution >= 4 is 22.5 Å². The van der Waals surface area contributed by atoms with Crippen molar-refractivity contribution in [2.45, 2.75) is 32.2 Å². The Bertz CT molecular complexity index is 556. The van der Waals surface area contributed by atoms with Gasteiger partial charge in [-0.1, -0.05) is 31.0 Å². The SMILES string of the molecule is CCNC(CCCCN)c1ccnc2cc(Cl)ccc12. The number of halogens is 1. The van der Waals surface area contributed by atoms with Crippen molar-refractivity contribution in [2.24, 2.45) is 5.73 Å². The van der Waals surface area contributed by atoms with E-state index in [4.69, 9.17) is 17.3 Å². The highest BCUT2D eigenvalue weighted by Crippen LogP contribution is 2.28. The van der Waals surface area contributed by atoms with Gasteiger partial charge in [-0.3, -0.25) is 4.98 Å². The molecule has 108 valence electrons. The minimum atomic E-state index is 0.346. The molecule has 3 N–H and O–H groups in total. The van der Waals surface area contributed by atoms with Crippen LogP contribution in [0.25, 0.3) is 10.9 Å². The van der Waals surface area contributed by atoms with E-state index in [1.54, 1.807) is 0 Å². The minimum Gasteiger partial charge on any atom is -0.330 e. The monoisotopic (exact) mass is 291 g/mol. The molecule has 0 saturated carbocycles. The second-order valence-electron chi connectivity index (χ2n) is 4.96. The summed E-state index contributed by atoms with van der Waals surface area (Å²) in [6, 6.07) is 8.36. The lowest BCUT2D eigenvalue weighted by Gasteiger charge is -2.20. The Morgan fingerprint density at radius 3 is 2.90 bits per heavy atom. The quantitative estimate of drug-likeness (QED) is 0.765. The Kier molecular flexibility index (Phi) is 5.77. The summed E-state index contributed by atoms with van der Waals surface area (Å²) in [6.07, 6.45) is 5.15. The van der Waals surface area contributed by atoms with E-state index in [1.165, 1.54) is 10.9 Å². The molecule has 3 nitrogen and oxygen atoms in total. The zero-order chi connectivity index (χ0) is 14.4. The lowest BCUT2D eigenvalue weighted by atomic mass is 9.97. The summed E-state index contributed by atoms with van der Waals surface area (Å²) in [4.78, 5) is 4.41. The van der Waals surface area contributed by atoms with Crippen LogP contribution in [-0.4, -0.2) is 18.1 Å². The predicted molar refractivity (Wildman–Crippen MR) is 86.1 cm³/mol. The molecular formula is C16H22ClN3. The normalized spacial score (nSPS) is 12.8.